The highest BCUT2D eigenvalue weighted by atomic mass is 16.5. The largest absolute Gasteiger partial charge is 0.376 e. The van der Waals surface area contributed by atoms with Crippen LogP contribution in [0, 0.1) is 13.8 Å². The van der Waals surface area contributed by atoms with Crippen molar-refractivity contribution in [1.82, 2.24) is 15.0 Å². The first-order valence-corrected chi connectivity index (χ1v) is 9.23. The van der Waals surface area contributed by atoms with E-state index in [1.807, 2.05) is 32.2 Å². The van der Waals surface area contributed by atoms with E-state index in [0.717, 1.165) is 36.4 Å². The number of ether oxygens (including phenoxy) is 1. The lowest BCUT2D eigenvalue weighted by molar-refractivity contribution is -0.116. The monoisotopic (exact) mass is 356 g/mol. The van der Waals surface area contributed by atoms with Gasteiger partial charge in [-0.25, -0.2) is 0 Å². The third-order valence-electron chi connectivity index (χ3n) is 4.90. The lowest BCUT2D eigenvalue weighted by Crippen LogP contribution is -2.33. The minimum atomic E-state index is -0.113. The smallest absolute Gasteiger partial charge is 0.226 e. The number of carbonyl (C=O) groups is 1. The van der Waals surface area contributed by atoms with Gasteiger partial charge in [-0.1, -0.05) is 22.9 Å². The Morgan fingerprint density at radius 1 is 1.38 bits per heavy atom. The average molecular weight is 356 g/mol. The second-order valence-electron chi connectivity index (χ2n) is 7.82. The third kappa shape index (κ3) is 4.69. The normalized spacial score (nSPS) is 19.3. The minimum absolute atomic E-state index is 0.0128. The average Bonchev–Trinajstić information content (AvgIpc) is 3.04. The molecule has 1 atom stereocenters. The predicted molar refractivity (Wildman–Crippen MR) is 101 cm³/mol. The Kier molecular flexibility index (Phi) is 5.41. The summed E-state index contributed by atoms with van der Waals surface area (Å²) in [6.07, 6.45) is 4.25. The minimum Gasteiger partial charge on any atom is -0.376 e. The van der Waals surface area contributed by atoms with E-state index in [9.17, 15) is 4.79 Å². The summed E-state index contributed by atoms with van der Waals surface area (Å²) < 4.78 is 7.53. The van der Waals surface area contributed by atoms with Gasteiger partial charge in [-0.3, -0.25) is 9.48 Å². The van der Waals surface area contributed by atoms with Gasteiger partial charge in [-0.2, -0.15) is 0 Å². The van der Waals surface area contributed by atoms with Crippen molar-refractivity contribution in [3.63, 3.8) is 0 Å². The van der Waals surface area contributed by atoms with E-state index in [0.29, 0.717) is 18.9 Å². The van der Waals surface area contributed by atoms with Crippen molar-refractivity contribution >= 4 is 11.6 Å². The van der Waals surface area contributed by atoms with E-state index in [1.54, 1.807) is 4.68 Å². The van der Waals surface area contributed by atoms with Crippen LogP contribution in [0.5, 0.6) is 0 Å². The fraction of sp³-hybridized carbons (Fsp3) is 0.550. The SMILES string of the molecule is Cc1ccc(NC(=O)CCn2cc([C@@H]3CCOC(C)(C)C3)nn2)c(C)c1. The molecule has 1 aliphatic rings. The molecule has 0 radical (unpaired) electrons. The van der Waals surface area contributed by atoms with Crippen LogP contribution in [0.3, 0.4) is 0 Å². The molecule has 1 saturated heterocycles. The number of rotatable bonds is 5. The zero-order valence-corrected chi connectivity index (χ0v) is 16.1. The molecule has 6 nitrogen and oxygen atoms in total. The van der Waals surface area contributed by atoms with E-state index in [2.05, 4.69) is 35.5 Å². The molecule has 1 amide bonds. The van der Waals surface area contributed by atoms with E-state index < -0.39 is 0 Å². The number of aryl methyl sites for hydroxylation is 3. The highest BCUT2D eigenvalue weighted by molar-refractivity contribution is 5.91. The fourth-order valence-corrected chi connectivity index (χ4v) is 3.48. The molecule has 0 bridgehead atoms. The first kappa shape index (κ1) is 18.6. The second kappa shape index (κ2) is 7.58. The first-order chi connectivity index (χ1) is 12.3. The highest BCUT2D eigenvalue weighted by Crippen LogP contribution is 2.34. The van der Waals surface area contributed by atoms with Gasteiger partial charge >= 0.3 is 0 Å². The third-order valence-corrected chi connectivity index (χ3v) is 4.90. The molecule has 1 aromatic heterocycles. The van der Waals surface area contributed by atoms with Crippen molar-refractivity contribution in [3.8, 4) is 0 Å². The molecule has 0 saturated carbocycles. The Morgan fingerprint density at radius 2 is 2.19 bits per heavy atom. The van der Waals surface area contributed by atoms with E-state index in [1.165, 1.54) is 5.56 Å². The van der Waals surface area contributed by atoms with Crippen LogP contribution in [0.15, 0.2) is 24.4 Å². The van der Waals surface area contributed by atoms with Gasteiger partial charge in [0.15, 0.2) is 0 Å². The van der Waals surface area contributed by atoms with Gasteiger partial charge in [0, 0.05) is 30.8 Å². The van der Waals surface area contributed by atoms with Crippen LogP contribution >= 0.6 is 0 Å². The van der Waals surface area contributed by atoms with Crippen LogP contribution in [0.2, 0.25) is 0 Å². The van der Waals surface area contributed by atoms with Crippen molar-refractivity contribution in [3.05, 3.63) is 41.2 Å². The number of nitrogens with one attached hydrogen (secondary N) is 1. The second-order valence-corrected chi connectivity index (χ2v) is 7.82. The van der Waals surface area contributed by atoms with Crippen LogP contribution in [0.1, 0.15) is 55.8 Å². The number of carbonyl (C=O) groups excluding carboxylic acids is 1. The van der Waals surface area contributed by atoms with Crippen LogP contribution in [-0.4, -0.2) is 33.1 Å². The lowest BCUT2D eigenvalue weighted by Gasteiger charge is -2.34. The van der Waals surface area contributed by atoms with E-state index in [-0.39, 0.29) is 11.5 Å². The van der Waals surface area contributed by atoms with Crippen LogP contribution in [0.4, 0.5) is 5.69 Å². The summed E-state index contributed by atoms with van der Waals surface area (Å²) in [6.45, 7) is 9.54. The van der Waals surface area contributed by atoms with Crippen LogP contribution < -0.4 is 5.32 Å². The summed E-state index contributed by atoms with van der Waals surface area (Å²) >= 11 is 0. The summed E-state index contributed by atoms with van der Waals surface area (Å²) in [7, 11) is 0. The molecule has 1 aliphatic heterocycles. The summed E-state index contributed by atoms with van der Waals surface area (Å²) in [5.41, 5.74) is 4.01. The van der Waals surface area contributed by atoms with Gasteiger partial charge < -0.3 is 10.1 Å². The number of aromatic nitrogens is 3. The lowest BCUT2D eigenvalue weighted by atomic mass is 9.86. The molecule has 0 unspecified atom stereocenters. The van der Waals surface area contributed by atoms with Crippen LogP contribution in [0.25, 0.3) is 0 Å². The number of nitrogens with zero attached hydrogens (tertiary/aromatic N) is 3. The van der Waals surface area contributed by atoms with Crippen molar-refractivity contribution in [2.24, 2.45) is 0 Å². The molecule has 140 valence electrons. The van der Waals surface area contributed by atoms with Crippen molar-refractivity contribution < 1.29 is 9.53 Å². The number of hydrogen-bond acceptors (Lipinski definition) is 4. The van der Waals surface area contributed by atoms with Crippen LogP contribution in [-0.2, 0) is 16.1 Å². The Morgan fingerprint density at radius 3 is 2.92 bits per heavy atom. The number of benzene rings is 1. The first-order valence-electron chi connectivity index (χ1n) is 9.23. The number of anilines is 1. The molecule has 0 spiro atoms. The maximum atomic E-state index is 12.2. The molecule has 1 aromatic carbocycles. The molecule has 26 heavy (non-hydrogen) atoms. The summed E-state index contributed by atoms with van der Waals surface area (Å²) in [5.74, 6) is 0.359. The molecule has 0 aliphatic carbocycles. The molecule has 6 heteroatoms. The fourth-order valence-electron chi connectivity index (χ4n) is 3.48. The van der Waals surface area contributed by atoms with Gasteiger partial charge in [0.05, 0.1) is 17.8 Å². The zero-order valence-electron chi connectivity index (χ0n) is 16.1. The topological polar surface area (TPSA) is 69.0 Å². The molecule has 3 rings (SSSR count). The quantitative estimate of drug-likeness (QED) is 0.889. The van der Waals surface area contributed by atoms with Gasteiger partial charge in [-0.15, -0.1) is 5.10 Å². The number of hydrogen-bond donors (Lipinski definition) is 1. The zero-order chi connectivity index (χ0) is 18.7. The molecule has 1 N–H and O–H groups in total. The Hall–Kier alpha value is -2.21. The Labute approximate surface area is 154 Å². The Bertz CT molecular complexity index is 782. The molecular formula is C20H28N4O2. The molecule has 2 aromatic rings. The van der Waals surface area contributed by atoms with Crippen molar-refractivity contribution in [2.45, 2.75) is 65.0 Å². The predicted octanol–water partition coefficient (Wildman–Crippen LogP) is 3.60. The van der Waals surface area contributed by atoms with Gasteiger partial charge in [-0.05, 0) is 52.2 Å². The van der Waals surface area contributed by atoms with Crippen molar-refractivity contribution in [1.29, 1.82) is 0 Å². The molecule has 1 fully saturated rings. The van der Waals surface area contributed by atoms with Gasteiger partial charge in [0.25, 0.3) is 0 Å². The van der Waals surface area contributed by atoms with Gasteiger partial charge in [0.1, 0.15) is 0 Å². The Balaban J connectivity index is 1.53. The summed E-state index contributed by atoms with van der Waals surface area (Å²) in [4.78, 5) is 12.2. The maximum absolute atomic E-state index is 12.2. The standard InChI is InChI=1S/C20H28N4O2/c1-14-5-6-17(15(2)11-14)21-19(25)7-9-24-13-18(22-23-24)16-8-10-26-20(3,4)12-16/h5-6,11,13,16H,7-10,12H2,1-4H3,(H,21,25)/t16-/m1/s1. The molecular weight excluding hydrogens is 328 g/mol. The maximum Gasteiger partial charge on any atom is 0.226 e. The van der Waals surface area contributed by atoms with Gasteiger partial charge in [0.2, 0.25) is 5.91 Å². The highest BCUT2D eigenvalue weighted by Gasteiger charge is 2.31. The number of amides is 1. The molecule has 2 heterocycles. The van der Waals surface area contributed by atoms with E-state index >= 15 is 0 Å². The summed E-state index contributed by atoms with van der Waals surface area (Å²) in [6, 6.07) is 6.01. The van der Waals surface area contributed by atoms with Crippen molar-refractivity contribution in [2.75, 3.05) is 11.9 Å². The van der Waals surface area contributed by atoms with E-state index in [4.69, 9.17) is 4.74 Å². The summed E-state index contributed by atoms with van der Waals surface area (Å²) in [5, 5.41) is 11.5.